The number of rotatable bonds is 6. The molecule has 1 atom stereocenters. The van der Waals surface area contributed by atoms with Gasteiger partial charge >= 0.3 is 12.0 Å². The van der Waals surface area contributed by atoms with Crippen molar-refractivity contribution < 1.29 is 14.7 Å². The van der Waals surface area contributed by atoms with E-state index in [0.717, 1.165) is 0 Å². The van der Waals surface area contributed by atoms with Crippen LogP contribution in [0.1, 0.15) is 39.3 Å². The zero-order chi connectivity index (χ0) is 16.2. The second-order valence-corrected chi connectivity index (χ2v) is 5.81. The van der Waals surface area contributed by atoms with E-state index in [1.165, 1.54) is 10.9 Å². The molecule has 2 N–H and O–H groups in total. The zero-order valence-corrected chi connectivity index (χ0v) is 13.2. The van der Waals surface area contributed by atoms with Gasteiger partial charge in [-0.25, -0.2) is 9.59 Å². The Morgan fingerprint density at radius 1 is 1.38 bits per heavy atom. The molecule has 0 aliphatic carbocycles. The summed E-state index contributed by atoms with van der Waals surface area (Å²) in [5.74, 6) is -0.801. The Kier molecular flexibility index (Phi) is 5.75. The van der Waals surface area contributed by atoms with Gasteiger partial charge < -0.3 is 15.3 Å². The van der Waals surface area contributed by atoms with Gasteiger partial charge in [-0.3, -0.25) is 4.68 Å². The third-order valence-corrected chi connectivity index (χ3v) is 3.02. The fraction of sp³-hybridized carbons (Fsp3) is 0.643. The number of amides is 2. The lowest BCUT2D eigenvalue weighted by molar-refractivity contribution is -0.139. The molecule has 0 aromatic carbocycles. The lowest BCUT2D eigenvalue weighted by atomic mass is 10.1. The van der Waals surface area contributed by atoms with Crippen LogP contribution in [0.2, 0.25) is 0 Å². The summed E-state index contributed by atoms with van der Waals surface area (Å²) < 4.78 is 1.51. The van der Waals surface area contributed by atoms with Crippen LogP contribution in [0.3, 0.4) is 0 Å². The Hall–Kier alpha value is -2.05. The van der Waals surface area contributed by atoms with Gasteiger partial charge in [0.15, 0.2) is 6.04 Å². The van der Waals surface area contributed by atoms with Crippen LogP contribution in [0.25, 0.3) is 0 Å². The molecule has 1 aromatic rings. The van der Waals surface area contributed by atoms with Crippen molar-refractivity contribution in [2.75, 3.05) is 6.54 Å². The van der Waals surface area contributed by atoms with E-state index in [0.29, 0.717) is 18.0 Å². The van der Waals surface area contributed by atoms with Crippen LogP contribution >= 0.6 is 0 Å². The first kappa shape index (κ1) is 17.0. The van der Waals surface area contributed by atoms with Crippen molar-refractivity contribution in [2.45, 2.75) is 39.8 Å². The van der Waals surface area contributed by atoms with Gasteiger partial charge in [-0.15, -0.1) is 0 Å². The van der Waals surface area contributed by atoms with Crippen molar-refractivity contribution in [3.8, 4) is 0 Å². The number of urea groups is 1. The van der Waals surface area contributed by atoms with E-state index in [2.05, 4.69) is 10.4 Å². The molecule has 0 aliphatic rings. The van der Waals surface area contributed by atoms with Gasteiger partial charge in [0.1, 0.15) is 0 Å². The Morgan fingerprint density at radius 3 is 2.38 bits per heavy atom. The Morgan fingerprint density at radius 2 is 2.00 bits per heavy atom. The summed E-state index contributed by atoms with van der Waals surface area (Å²) in [5.41, 5.74) is 0.451. The highest BCUT2D eigenvalue weighted by atomic mass is 16.4. The van der Waals surface area contributed by atoms with Gasteiger partial charge in [-0.05, 0) is 19.8 Å². The standard InChI is InChI=1S/C14H24N4O3/c1-9(2)7-18(10(3)4)14(21)16-12(13(19)20)11-6-15-17(5)8-11/h6,8-10,12H,7H2,1-5H3,(H,16,21)(H,19,20). The number of aliphatic carboxylic acids is 1. The first-order chi connectivity index (χ1) is 9.72. The SMILES string of the molecule is CC(C)CN(C(=O)NC(C(=O)O)c1cnn(C)c1)C(C)C. The molecule has 7 nitrogen and oxygen atoms in total. The quantitative estimate of drug-likeness (QED) is 0.835. The highest BCUT2D eigenvalue weighted by Crippen LogP contribution is 2.14. The molecule has 0 bridgehead atoms. The number of nitrogens with zero attached hydrogens (tertiary/aromatic N) is 3. The van der Waals surface area contributed by atoms with Crippen molar-refractivity contribution in [3.05, 3.63) is 18.0 Å². The van der Waals surface area contributed by atoms with Gasteiger partial charge in [0.2, 0.25) is 0 Å². The monoisotopic (exact) mass is 296 g/mol. The van der Waals surface area contributed by atoms with Crippen LogP contribution in [-0.4, -0.2) is 44.4 Å². The number of hydrogen-bond donors (Lipinski definition) is 2. The number of aromatic nitrogens is 2. The Balaban J connectivity index is 2.87. The maximum atomic E-state index is 12.3. The molecule has 0 saturated heterocycles. The second kappa shape index (κ2) is 7.10. The second-order valence-electron chi connectivity index (χ2n) is 5.81. The summed E-state index contributed by atoms with van der Waals surface area (Å²) in [5, 5.41) is 15.8. The van der Waals surface area contributed by atoms with E-state index >= 15 is 0 Å². The number of nitrogens with one attached hydrogen (secondary N) is 1. The molecule has 1 aromatic heterocycles. The zero-order valence-electron chi connectivity index (χ0n) is 13.2. The van der Waals surface area contributed by atoms with Crippen LogP contribution < -0.4 is 5.32 Å². The smallest absolute Gasteiger partial charge is 0.331 e. The van der Waals surface area contributed by atoms with Crippen molar-refractivity contribution in [2.24, 2.45) is 13.0 Å². The van der Waals surface area contributed by atoms with Gasteiger partial charge in [0.05, 0.1) is 6.20 Å². The van der Waals surface area contributed by atoms with Crippen LogP contribution in [0.15, 0.2) is 12.4 Å². The molecule has 0 fully saturated rings. The molecule has 0 radical (unpaired) electrons. The first-order valence-electron chi connectivity index (χ1n) is 7.00. The minimum absolute atomic E-state index is 0.00394. The highest BCUT2D eigenvalue weighted by Gasteiger charge is 2.27. The fourth-order valence-corrected chi connectivity index (χ4v) is 2.00. The van der Waals surface area contributed by atoms with Crippen LogP contribution in [0.5, 0.6) is 0 Å². The maximum absolute atomic E-state index is 12.3. The average molecular weight is 296 g/mol. The average Bonchev–Trinajstić information content (AvgIpc) is 2.78. The van der Waals surface area contributed by atoms with Gasteiger partial charge in [0, 0.05) is 31.4 Å². The van der Waals surface area contributed by atoms with Gasteiger partial charge in [-0.1, -0.05) is 13.8 Å². The molecule has 0 aliphatic heterocycles. The predicted molar refractivity (Wildman–Crippen MR) is 78.8 cm³/mol. The number of aryl methyl sites for hydroxylation is 1. The van der Waals surface area contributed by atoms with E-state index in [1.54, 1.807) is 18.1 Å². The van der Waals surface area contributed by atoms with E-state index in [4.69, 9.17) is 0 Å². The van der Waals surface area contributed by atoms with Crippen LogP contribution in [0.4, 0.5) is 4.79 Å². The molecule has 0 saturated carbocycles. The topological polar surface area (TPSA) is 87.5 Å². The summed E-state index contributed by atoms with van der Waals surface area (Å²) in [6.45, 7) is 8.41. The molecule has 2 amide bonds. The summed E-state index contributed by atoms with van der Waals surface area (Å²) in [7, 11) is 1.70. The molecule has 118 valence electrons. The van der Waals surface area contributed by atoms with E-state index in [9.17, 15) is 14.7 Å². The summed E-state index contributed by atoms with van der Waals surface area (Å²) >= 11 is 0. The first-order valence-corrected chi connectivity index (χ1v) is 7.00. The molecule has 1 unspecified atom stereocenters. The van der Waals surface area contributed by atoms with Crippen LogP contribution in [-0.2, 0) is 11.8 Å². The predicted octanol–water partition coefficient (Wildman–Crippen LogP) is 1.62. The third kappa shape index (κ3) is 4.77. The summed E-state index contributed by atoms with van der Waals surface area (Å²) in [4.78, 5) is 25.4. The molecule has 7 heteroatoms. The summed E-state index contributed by atoms with van der Waals surface area (Å²) in [6, 6.07) is -1.48. The largest absolute Gasteiger partial charge is 0.479 e. The normalized spacial score (nSPS) is 12.5. The Bertz CT molecular complexity index is 496. The fourth-order valence-electron chi connectivity index (χ4n) is 2.00. The minimum atomic E-state index is -1.11. The van der Waals surface area contributed by atoms with E-state index in [-0.39, 0.29) is 12.1 Å². The molecule has 0 spiro atoms. The number of hydrogen-bond acceptors (Lipinski definition) is 3. The molecular weight excluding hydrogens is 272 g/mol. The number of carbonyl (C=O) groups excluding carboxylic acids is 1. The van der Waals surface area contributed by atoms with Crippen molar-refractivity contribution in [3.63, 3.8) is 0 Å². The van der Waals surface area contributed by atoms with E-state index in [1.807, 2.05) is 27.7 Å². The molecular formula is C14H24N4O3. The lowest BCUT2D eigenvalue weighted by Gasteiger charge is -2.29. The molecule has 1 heterocycles. The minimum Gasteiger partial charge on any atom is -0.479 e. The van der Waals surface area contributed by atoms with Crippen molar-refractivity contribution in [1.82, 2.24) is 20.0 Å². The van der Waals surface area contributed by atoms with Gasteiger partial charge in [0.25, 0.3) is 0 Å². The lowest BCUT2D eigenvalue weighted by Crippen LogP contribution is -2.48. The van der Waals surface area contributed by atoms with Crippen molar-refractivity contribution >= 4 is 12.0 Å². The number of carboxylic acid groups (broad SMARTS) is 1. The Labute approximate surface area is 124 Å². The highest BCUT2D eigenvalue weighted by molar-refractivity contribution is 5.83. The maximum Gasteiger partial charge on any atom is 0.331 e. The molecule has 1 rings (SSSR count). The van der Waals surface area contributed by atoms with Crippen LogP contribution in [0, 0.1) is 5.92 Å². The summed E-state index contributed by atoms with van der Waals surface area (Å²) in [6.07, 6.45) is 3.03. The van der Waals surface area contributed by atoms with Crippen molar-refractivity contribution in [1.29, 1.82) is 0 Å². The third-order valence-electron chi connectivity index (χ3n) is 3.02. The van der Waals surface area contributed by atoms with E-state index < -0.39 is 12.0 Å². The van der Waals surface area contributed by atoms with Gasteiger partial charge in [-0.2, -0.15) is 5.10 Å². The number of carbonyl (C=O) groups is 2. The molecule has 21 heavy (non-hydrogen) atoms. The number of carboxylic acids is 1.